The Bertz CT molecular complexity index is 561. The van der Waals surface area contributed by atoms with Crippen molar-refractivity contribution in [3.63, 3.8) is 0 Å². The number of carbonyl (C=O) groups excluding carboxylic acids is 1. The number of aliphatic carboxylic acids is 1. The van der Waals surface area contributed by atoms with Crippen molar-refractivity contribution in [3.05, 3.63) is 29.8 Å². The van der Waals surface area contributed by atoms with Crippen LogP contribution in [0, 0.1) is 0 Å². The lowest BCUT2D eigenvalue weighted by atomic mass is 10.1. The zero-order chi connectivity index (χ0) is 17.5. The van der Waals surface area contributed by atoms with Crippen molar-refractivity contribution in [1.82, 2.24) is 4.90 Å². The molecule has 2 rings (SSSR count). The molecule has 1 aromatic carbocycles. The van der Waals surface area contributed by atoms with E-state index in [-0.39, 0.29) is 12.3 Å². The van der Waals surface area contributed by atoms with Crippen LogP contribution in [0.4, 0.5) is 5.69 Å². The van der Waals surface area contributed by atoms with E-state index in [4.69, 9.17) is 15.6 Å². The highest BCUT2D eigenvalue weighted by Crippen LogP contribution is 2.19. The second-order valence-corrected chi connectivity index (χ2v) is 5.98. The van der Waals surface area contributed by atoms with Gasteiger partial charge >= 0.3 is 5.97 Å². The molecule has 1 amide bonds. The number of rotatable bonds is 8. The van der Waals surface area contributed by atoms with Crippen molar-refractivity contribution < 1.29 is 19.4 Å². The van der Waals surface area contributed by atoms with Crippen LogP contribution >= 0.6 is 0 Å². The molecule has 1 aliphatic heterocycles. The fourth-order valence-electron chi connectivity index (χ4n) is 2.77. The summed E-state index contributed by atoms with van der Waals surface area (Å²) in [5.74, 6) is -0.937. The maximum Gasteiger partial charge on any atom is 0.320 e. The van der Waals surface area contributed by atoms with E-state index >= 15 is 0 Å². The fourth-order valence-corrected chi connectivity index (χ4v) is 2.77. The van der Waals surface area contributed by atoms with E-state index in [1.165, 1.54) is 0 Å². The summed E-state index contributed by atoms with van der Waals surface area (Å²) in [5, 5.41) is 8.85. The number of carboxylic acids is 1. The van der Waals surface area contributed by atoms with Gasteiger partial charge in [-0.15, -0.1) is 0 Å². The number of ether oxygens (including phenoxy) is 1. The summed E-state index contributed by atoms with van der Waals surface area (Å²) in [5.41, 5.74) is 7.22. The Balaban J connectivity index is 1.90. The summed E-state index contributed by atoms with van der Waals surface area (Å²) < 4.78 is 5.04. The van der Waals surface area contributed by atoms with E-state index in [1.54, 1.807) is 12.0 Å². The molecule has 1 aromatic rings. The Labute approximate surface area is 142 Å². The third-order valence-corrected chi connectivity index (χ3v) is 4.14. The van der Waals surface area contributed by atoms with Gasteiger partial charge in [-0.25, -0.2) is 0 Å². The zero-order valence-electron chi connectivity index (χ0n) is 14.0. The molecule has 1 aliphatic rings. The number of nitrogens with two attached hydrogens (primary N) is 1. The first-order chi connectivity index (χ1) is 11.5. The Hall–Kier alpha value is -1.96. The molecule has 3 N–H and O–H groups in total. The van der Waals surface area contributed by atoms with Crippen molar-refractivity contribution in [1.29, 1.82) is 0 Å². The minimum atomic E-state index is -1.01. The van der Waals surface area contributed by atoms with E-state index in [1.807, 2.05) is 24.3 Å². The topological polar surface area (TPSA) is 96.1 Å². The van der Waals surface area contributed by atoms with Gasteiger partial charge in [-0.3, -0.25) is 14.5 Å². The molecule has 24 heavy (non-hydrogen) atoms. The van der Waals surface area contributed by atoms with Gasteiger partial charge < -0.3 is 20.5 Å². The van der Waals surface area contributed by atoms with Gasteiger partial charge in [0.15, 0.2) is 0 Å². The van der Waals surface area contributed by atoms with Gasteiger partial charge in [-0.05, 0) is 30.5 Å². The molecule has 1 unspecified atom stereocenters. The Morgan fingerprint density at radius 1 is 1.33 bits per heavy atom. The number of methoxy groups -OCH3 is 1. The number of amides is 1. The predicted molar refractivity (Wildman–Crippen MR) is 91.0 cm³/mol. The number of piperazine rings is 1. The van der Waals surface area contributed by atoms with Crippen molar-refractivity contribution in [2.45, 2.75) is 18.9 Å². The molecule has 132 valence electrons. The van der Waals surface area contributed by atoms with Gasteiger partial charge in [-0.2, -0.15) is 0 Å². The molecule has 7 nitrogen and oxygen atoms in total. The molecule has 1 heterocycles. The molecule has 0 spiro atoms. The van der Waals surface area contributed by atoms with Crippen LogP contribution in [-0.2, 0) is 20.7 Å². The van der Waals surface area contributed by atoms with Crippen LogP contribution in [-0.4, -0.2) is 67.8 Å². The number of carboxylic acid groups (broad SMARTS) is 1. The molecule has 1 fully saturated rings. The number of benzene rings is 1. The van der Waals surface area contributed by atoms with Crippen LogP contribution in [0.15, 0.2) is 24.3 Å². The summed E-state index contributed by atoms with van der Waals surface area (Å²) in [6.07, 6.45) is 1.19. The Morgan fingerprint density at radius 3 is 2.62 bits per heavy atom. The quantitative estimate of drug-likeness (QED) is 0.665. The summed E-state index contributed by atoms with van der Waals surface area (Å²) >= 11 is 0. The summed E-state index contributed by atoms with van der Waals surface area (Å²) in [6, 6.07) is 6.45. The van der Waals surface area contributed by atoms with Gasteiger partial charge in [0.2, 0.25) is 5.91 Å². The second kappa shape index (κ2) is 8.77. The fraction of sp³-hybridized carbons (Fsp3) is 0.529. The van der Waals surface area contributed by atoms with E-state index in [0.717, 1.165) is 30.8 Å². The number of hydrogen-bond donors (Lipinski definition) is 2. The first kappa shape index (κ1) is 18.4. The van der Waals surface area contributed by atoms with Crippen LogP contribution in [0.5, 0.6) is 0 Å². The van der Waals surface area contributed by atoms with Gasteiger partial charge in [0.25, 0.3) is 0 Å². The van der Waals surface area contributed by atoms with Crippen LogP contribution in [0.3, 0.4) is 0 Å². The van der Waals surface area contributed by atoms with Crippen LogP contribution < -0.4 is 10.6 Å². The van der Waals surface area contributed by atoms with Crippen molar-refractivity contribution in [3.8, 4) is 0 Å². The van der Waals surface area contributed by atoms with E-state index in [9.17, 15) is 9.59 Å². The Morgan fingerprint density at radius 2 is 2.04 bits per heavy atom. The highest BCUT2D eigenvalue weighted by atomic mass is 16.5. The average molecular weight is 335 g/mol. The first-order valence-electron chi connectivity index (χ1n) is 8.10. The molecule has 0 aliphatic carbocycles. The highest BCUT2D eigenvalue weighted by Gasteiger charge is 2.24. The first-order valence-corrected chi connectivity index (χ1v) is 8.10. The van der Waals surface area contributed by atoms with Crippen LogP contribution in [0.2, 0.25) is 0 Å². The molecular formula is C17H25N3O4. The minimum Gasteiger partial charge on any atom is -0.480 e. The van der Waals surface area contributed by atoms with Crippen molar-refractivity contribution in [2.24, 2.45) is 5.73 Å². The maximum atomic E-state index is 12.3. The molecule has 0 radical (unpaired) electrons. The van der Waals surface area contributed by atoms with E-state index in [0.29, 0.717) is 19.7 Å². The molecule has 1 saturated heterocycles. The maximum absolute atomic E-state index is 12.3. The summed E-state index contributed by atoms with van der Waals surface area (Å²) in [7, 11) is 1.68. The minimum absolute atomic E-state index is 0.0775. The third kappa shape index (κ3) is 5.02. The van der Waals surface area contributed by atoms with E-state index < -0.39 is 12.0 Å². The highest BCUT2D eigenvalue weighted by molar-refractivity contribution is 5.95. The average Bonchev–Trinajstić information content (AvgIpc) is 2.56. The Kier molecular flexibility index (Phi) is 6.72. The number of hydrogen-bond acceptors (Lipinski definition) is 5. The smallest absolute Gasteiger partial charge is 0.320 e. The molecule has 0 aromatic heterocycles. The van der Waals surface area contributed by atoms with E-state index in [2.05, 4.69) is 4.90 Å². The number of carbonyl (C=O) groups is 2. The molecule has 1 atom stereocenters. The lowest BCUT2D eigenvalue weighted by Crippen LogP contribution is -2.50. The predicted octanol–water partition coefficient (Wildman–Crippen LogP) is 0.326. The normalized spacial score (nSPS) is 17.1. The van der Waals surface area contributed by atoms with Gasteiger partial charge in [-0.1, -0.05) is 12.1 Å². The SMILES string of the molecule is COCCCN1CCN(c2ccc(CC(N)C(=O)O)cc2)C(=O)C1. The van der Waals surface area contributed by atoms with Crippen molar-refractivity contribution in [2.75, 3.05) is 44.8 Å². The lowest BCUT2D eigenvalue weighted by Gasteiger charge is -2.34. The van der Waals surface area contributed by atoms with Crippen molar-refractivity contribution >= 4 is 17.6 Å². The second-order valence-electron chi connectivity index (χ2n) is 5.98. The van der Waals surface area contributed by atoms with Gasteiger partial charge in [0, 0.05) is 39.0 Å². The molecule has 0 bridgehead atoms. The van der Waals surface area contributed by atoms with Gasteiger partial charge in [0.1, 0.15) is 6.04 Å². The van der Waals surface area contributed by atoms with Crippen LogP contribution in [0.1, 0.15) is 12.0 Å². The third-order valence-electron chi connectivity index (χ3n) is 4.14. The largest absolute Gasteiger partial charge is 0.480 e. The molecule has 7 heteroatoms. The number of nitrogens with zero attached hydrogens (tertiary/aromatic N) is 2. The molecular weight excluding hydrogens is 310 g/mol. The monoisotopic (exact) mass is 335 g/mol. The lowest BCUT2D eigenvalue weighted by molar-refractivity contribution is -0.138. The summed E-state index contributed by atoms with van der Waals surface area (Å²) in [6.45, 7) is 3.46. The van der Waals surface area contributed by atoms with Gasteiger partial charge in [0.05, 0.1) is 6.54 Å². The number of anilines is 1. The standard InChI is InChI=1S/C17H25N3O4/c1-24-10-2-7-19-8-9-20(16(21)12-19)14-5-3-13(4-6-14)11-15(18)17(22)23/h3-6,15H,2,7-12,18H2,1H3,(H,22,23). The summed E-state index contributed by atoms with van der Waals surface area (Å²) in [4.78, 5) is 27.0. The molecule has 0 saturated carbocycles. The zero-order valence-corrected chi connectivity index (χ0v) is 14.0. The van der Waals surface area contributed by atoms with Crippen LogP contribution in [0.25, 0.3) is 0 Å².